The van der Waals surface area contributed by atoms with Crippen molar-refractivity contribution in [2.75, 3.05) is 0 Å². The van der Waals surface area contributed by atoms with Crippen LogP contribution < -0.4 is 0 Å². The molecule has 0 spiro atoms. The summed E-state index contributed by atoms with van der Waals surface area (Å²) in [5.41, 5.74) is 0.971. The van der Waals surface area contributed by atoms with Gasteiger partial charge in [0.2, 0.25) is 0 Å². The number of hydrogen-bond acceptors (Lipinski definition) is 3. The van der Waals surface area contributed by atoms with Crippen LogP contribution in [-0.4, -0.2) is 10.7 Å². The van der Waals surface area contributed by atoms with Gasteiger partial charge in [-0.05, 0) is 18.9 Å². The Morgan fingerprint density at radius 1 is 1.50 bits per heavy atom. The van der Waals surface area contributed by atoms with Crippen molar-refractivity contribution in [3.63, 3.8) is 0 Å². The van der Waals surface area contributed by atoms with E-state index < -0.39 is 4.75 Å². The van der Waals surface area contributed by atoms with Gasteiger partial charge in [0.1, 0.15) is 11.4 Å². The van der Waals surface area contributed by atoms with E-state index >= 15 is 0 Å². The van der Waals surface area contributed by atoms with Gasteiger partial charge >= 0.3 is 5.97 Å². The van der Waals surface area contributed by atoms with Gasteiger partial charge in [0, 0.05) is 0 Å². The standard InChI is InChI=1S/C13H16O2S/c1-3-9-13(2,16)12(14)15-10-11-7-5-4-6-8-11/h3-8,16H,1,9-10H2,2H3/t13-/m1/s1. The van der Waals surface area contributed by atoms with Gasteiger partial charge in [0.25, 0.3) is 0 Å². The Morgan fingerprint density at radius 3 is 2.69 bits per heavy atom. The van der Waals surface area contributed by atoms with Crippen LogP contribution in [0.4, 0.5) is 0 Å². The number of rotatable bonds is 5. The van der Waals surface area contributed by atoms with E-state index in [0.717, 1.165) is 5.56 Å². The zero-order chi connectivity index (χ0) is 12.0. The normalized spacial score (nSPS) is 13.9. The molecule has 0 N–H and O–H groups in total. The number of thiol groups is 1. The number of benzene rings is 1. The first-order chi connectivity index (χ1) is 7.56. The van der Waals surface area contributed by atoms with Gasteiger partial charge in [-0.3, -0.25) is 4.79 Å². The fourth-order valence-corrected chi connectivity index (χ4v) is 1.44. The first-order valence-electron chi connectivity index (χ1n) is 5.10. The van der Waals surface area contributed by atoms with E-state index in [0.29, 0.717) is 6.42 Å². The van der Waals surface area contributed by atoms with E-state index in [2.05, 4.69) is 19.2 Å². The molecular weight excluding hydrogens is 220 g/mol. The van der Waals surface area contributed by atoms with Crippen molar-refractivity contribution in [1.29, 1.82) is 0 Å². The number of esters is 1. The average molecular weight is 236 g/mol. The van der Waals surface area contributed by atoms with Crippen LogP contribution in [0, 0.1) is 0 Å². The molecule has 0 amide bonds. The smallest absolute Gasteiger partial charge is 0.322 e. The molecule has 3 heteroatoms. The Bertz CT molecular complexity index is 357. The predicted octanol–water partition coefficient (Wildman–Crippen LogP) is 2.99. The number of allylic oxidation sites excluding steroid dienone is 1. The molecule has 86 valence electrons. The topological polar surface area (TPSA) is 26.3 Å². The van der Waals surface area contributed by atoms with Crippen LogP contribution in [0.1, 0.15) is 18.9 Å². The maximum Gasteiger partial charge on any atom is 0.322 e. The Morgan fingerprint density at radius 2 is 2.12 bits per heavy atom. The Labute approximate surface area is 102 Å². The second-order valence-corrected chi connectivity index (χ2v) is 4.82. The summed E-state index contributed by atoms with van der Waals surface area (Å²) in [5, 5.41) is 0. The highest BCUT2D eigenvalue weighted by Crippen LogP contribution is 2.21. The van der Waals surface area contributed by atoms with Crippen molar-refractivity contribution >= 4 is 18.6 Å². The second-order valence-electron chi connectivity index (χ2n) is 3.83. The zero-order valence-electron chi connectivity index (χ0n) is 9.35. The average Bonchev–Trinajstić information content (AvgIpc) is 2.27. The minimum absolute atomic E-state index is 0.285. The first-order valence-corrected chi connectivity index (χ1v) is 5.55. The first kappa shape index (κ1) is 12.8. The molecule has 1 aromatic carbocycles. The molecule has 0 saturated carbocycles. The molecule has 1 atom stereocenters. The lowest BCUT2D eigenvalue weighted by Crippen LogP contribution is -2.30. The summed E-state index contributed by atoms with van der Waals surface area (Å²) in [6.45, 7) is 5.60. The van der Waals surface area contributed by atoms with Crippen LogP contribution in [0.3, 0.4) is 0 Å². The summed E-state index contributed by atoms with van der Waals surface area (Å²) in [6, 6.07) is 9.57. The molecule has 0 aliphatic rings. The fourth-order valence-electron chi connectivity index (χ4n) is 1.24. The third-order valence-electron chi connectivity index (χ3n) is 2.19. The lowest BCUT2D eigenvalue weighted by Gasteiger charge is -2.19. The van der Waals surface area contributed by atoms with Crippen molar-refractivity contribution in [3.05, 3.63) is 48.6 Å². The number of carbonyl (C=O) groups is 1. The maximum atomic E-state index is 11.7. The fraction of sp³-hybridized carbons (Fsp3) is 0.308. The van der Waals surface area contributed by atoms with Gasteiger partial charge in [-0.15, -0.1) is 6.58 Å². The van der Waals surface area contributed by atoms with Crippen LogP contribution in [0.15, 0.2) is 43.0 Å². The van der Waals surface area contributed by atoms with Crippen LogP contribution in [0.5, 0.6) is 0 Å². The van der Waals surface area contributed by atoms with Gasteiger partial charge < -0.3 is 4.74 Å². The monoisotopic (exact) mass is 236 g/mol. The summed E-state index contributed by atoms with van der Waals surface area (Å²) in [5.74, 6) is -0.320. The number of carbonyl (C=O) groups excluding carboxylic acids is 1. The molecule has 0 saturated heterocycles. The molecule has 0 bridgehead atoms. The van der Waals surface area contributed by atoms with E-state index in [1.807, 2.05) is 30.3 Å². The van der Waals surface area contributed by atoms with Gasteiger partial charge in [-0.2, -0.15) is 12.6 Å². The molecule has 2 nitrogen and oxygen atoms in total. The molecule has 0 fully saturated rings. The van der Waals surface area contributed by atoms with E-state index in [1.165, 1.54) is 0 Å². The SMILES string of the molecule is C=CC[C@@](C)(S)C(=O)OCc1ccccc1. The Hall–Kier alpha value is -1.22. The van der Waals surface area contributed by atoms with E-state index in [-0.39, 0.29) is 12.6 Å². The zero-order valence-corrected chi connectivity index (χ0v) is 10.2. The van der Waals surface area contributed by atoms with Crippen molar-refractivity contribution in [2.24, 2.45) is 0 Å². The molecule has 1 aromatic rings. The highest BCUT2D eigenvalue weighted by atomic mass is 32.1. The van der Waals surface area contributed by atoms with Crippen molar-refractivity contribution in [1.82, 2.24) is 0 Å². The lowest BCUT2D eigenvalue weighted by molar-refractivity contribution is -0.147. The molecule has 0 unspecified atom stereocenters. The lowest BCUT2D eigenvalue weighted by atomic mass is 10.1. The molecule has 16 heavy (non-hydrogen) atoms. The molecule has 0 radical (unpaired) electrons. The quantitative estimate of drug-likeness (QED) is 0.483. The summed E-state index contributed by atoms with van der Waals surface area (Å²) >= 11 is 4.26. The van der Waals surface area contributed by atoms with Crippen LogP contribution in [0.25, 0.3) is 0 Å². The highest BCUT2D eigenvalue weighted by Gasteiger charge is 2.28. The van der Waals surface area contributed by atoms with Crippen molar-refractivity contribution < 1.29 is 9.53 Å². The predicted molar refractivity (Wildman–Crippen MR) is 68.4 cm³/mol. The minimum atomic E-state index is -0.795. The third-order valence-corrected chi connectivity index (χ3v) is 2.56. The summed E-state index contributed by atoms with van der Waals surface area (Å²) in [4.78, 5) is 11.7. The third kappa shape index (κ3) is 3.74. The molecule has 0 aromatic heterocycles. The molecule has 0 aliphatic heterocycles. The summed E-state index contributed by atoms with van der Waals surface area (Å²) in [6.07, 6.45) is 2.15. The van der Waals surface area contributed by atoms with Crippen LogP contribution in [-0.2, 0) is 16.1 Å². The van der Waals surface area contributed by atoms with E-state index in [1.54, 1.807) is 13.0 Å². The molecule has 1 rings (SSSR count). The van der Waals surface area contributed by atoms with Gasteiger partial charge in [0.05, 0.1) is 0 Å². The summed E-state index contributed by atoms with van der Waals surface area (Å²) < 4.78 is 4.39. The van der Waals surface area contributed by atoms with Gasteiger partial charge in [-0.1, -0.05) is 36.4 Å². The van der Waals surface area contributed by atoms with E-state index in [9.17, 15) is 4.79 Å². The van der Waals surface area contributed by atoms with Gasteiger partial charge in [-0.25, -0.2) is 0 Å². The second kappa shape index (κ2) is 5.75. The molecular formula is C13H16O2S. The molecule has 0 heterocycles. The van der Waals surface area contributed by atoms with Crippen LogP contribution in [0.2, 0.25) is 0 Å². The van der Waals surface area contributed by atoms with Crippen molar-refractivity contribution in [3.8, 4) is 0 Å². The maximum absolute atomic E-state index is 11.7. The van der Waals surface area contributed by atoms with Crippen LogP contribution >= 0.6 is 12.6 Å². The minimum Gasteiger partial charge on any atom is -0.460 e. The Balaban J connectivity index is 2.50. The highest BCUT2D eigenvalue weighted by molar-refractivity contribution is 7.82. The van der Waals surface area contributed by atoms with Gasteiger partial charge in [0.15, 0.2) is 0 Å². The van der Waals surface area contributed by atoms with E-state index in [4.69, 9.17) is 4.74 Å². The largest absolute Gasteiger partial charge is 0.460 e. The number of ether oxygens (including phenoxy) is 1. The number of hydrogen-bond donors (Lipinski definition) is 1. The summed E-state index contributed by atoms with van der Waals surface area (Å²) in [7, 11) is 0. The Kier molecular flexibility index (Phi) is 4.62. The molecule has 0 aliphatic carbocycles. The van der Waals surface area contributed by atoms with Crippen molar-refractivity contribution in [2.45, 2.75) is 24.7 Å².